The molecule has 3 heterocycles. The van der Waals surface area contributed by atoms with Gasteiger partial charge in [0.25, 0.3) is 5.91 Å². The van der Waals surface area contributed by atoms with Crippen molar-refractivity contribution in [2.45, 2.75) is 6.92 Å². The zero-order valence-corrected chi connectivity index (χ0v) is 11.6. The molecule has 1 aliphatic heterocycles. The highest BCUT2D eigenvalue weighted by atomic mass is 16.5. The smallest absolute Gasteiger partial charge is 0.274 e. The molecule has 21 heavy (non-hydrogen) atoms. The third-order valence-corrected chi connectivity index (χ3v) is 3.07. The molecule has 0 atom stereocenters. The van der Waals surface area contributed by atoms with Crippen molar-refractivity contribution in [3.8, 4) is 0 Å². The summed E-state index contributed by atoms with van der Waals surface area (Å²) in [5, 5.41) is 14.7. The highest BCUT2D eigenvalue weighted by molar-refractivity contribution is 5.92. The van der Waals surface area contributed by atoms with Crippen LogP contribution in [0.25, 0.3) is 0 Å². The molecule has 0 aliphatic carbocycles. The molecule has 1 N–H and O–H groups in total. The number of carbonyl (C=O) groups excluding carboxylic acids is 1. The second kappa shape index (κ2) is 5.88. The number of carbonyl (C=O) groups is 1. The Morgan fingerprint density at radius 2 is 2.05 bits per heavy atom. The van der Waals surface area contributed by atoms with Gasteiger partial charge in [0.2, 0.25) is 0 Å². The van der Waals surface area contributed by atoms with Gasteiger partial charge in [-0.1, -0.05) is 5.16 Å². The topological polar surface area (TPSA) is 93.4 Å². The fourth-order valence-electron chi connectivity index (χ4n) is 2.00. The molecule has 0 aromatic carbocycles. The lowest BCUT2D eigenvalue weighted by atomic mass is 10.3. The van der Waals surface area contributed by atoms with Gasteiger partial charge >= 0.3 is 0 Å². The van der Waals surface area contributed by atoms with Gasteiger partial charge in [0, 0.05) is 19.2 Å². The molecule has 1 amide bonds. The van der Waals surface area contributed by atoms with Crippen LogP contribution in [-0.2, 0) is 4.74 Å². The Morgan fingerprint density at radius 1 is 1.24 bits per heavy atom. The maximum absolute atomic E-state index is 12.2. The summed E-state index contributed by atoms with van der Waals surface area (Å²) in [6, 6.07) is 5.07. The Morgan fingerprint density at radius 3 is 2.67 bits per heavy atom. The molecule has 2 aromatic rings. The molecule has 2 aromatic heterocycles. The summed E-state index contributed by atoms with van der Waals surface area (Å²) < 4.78 is 10.2. The monoisotopic (exact) mass is 289 g/mol. The van der Waals surface area contributed by atoms with Gasteiger partial charge in [0.15, 0.2) is 17.3 Å². The number of amides is 1. The molecule has 0 saturated carbocycles. The SMILES string of the molecule is Cc1cc(Nc2ccc(C(=O)N3CCOCC3)nn2)no1. The van der Waals surface area contributed by atoms with Gasteiger partial charge in [-0.25, -0.2) is 0 Å². The summed E-state index contributed by atoms with van der Waals surface area (Å²) in [4.78, 5) is 13.9. The molecular weight excluding hydrogens is 274 g/mol. The Labute approximate surface area is 121 Å². The van der Waals surface area contributed by atoms with E-state index in [1.165, 1.54) is 0 Å². The molecule has 3 rings (SSSR count). The lowest BCUT2D eigenvalue weighted by Gasteiger charge is -2.26. The van der Waals surface area contributed by atoms with Crippen LogP contribution in [0.15, 0.2) is 22.7 Å². The van der Waals surface area contributed by atoms with Crippen molar-refractivity contribution in [2.75, 3.05) is 31.6 Å². The van der Waals surface area contributed by atoms with E-state index in [1.54, 1.807) is 30.0 Å². The van der Waals surface area contributed by atoms with E-state index in [2.05, 4.69) is 20.7 Å². The van der Waals surface area contributed by atoms with Crippen LogP contribution in [0.5, 0.6) is 0 Å². The fraction of sp³-hybridized carbons (Fsp3) is 0.385. The van der Waals surface area contributed by atoms with E-state index in [-0.39, 0.29) is 5.91 Å². The van der Waals surface area contributed by atoms with Crippen LogP contribution >= 0.6 is 0 Å². The number of ether oxygens (including phenoxy) is 1. The third-order valence-electron chi connectivity index (χ3n) is 3.07. The molecule has 0 spiro atoms. The molecule has 1 fully saturated rings. The Balaban J connectivity index is 1.67. The minimum atomic E-state index is -0.130. The van der Waals surface area contributed by atoms with Crippen LogP contribution in [0.2, 0.25) is 0 Å². The lowest BCUT2D eigenvalue weighted by molar-refractivity contribution is 0.0298. The number of morpholine rings is 1. The standard InChI is InChI=1S/C13H15N5O3/c1-9-8-12(17-21-9)14-11-3-2-10(15-16-11)13(19)18-4-6-20-7-5-18/h2-3,8H,4-7H2,1H3,(H,14,16,17). The van der Waals surface area contributed by atoms with E-state index in [0.717, 1.165) is 0 Å². The van der Waals surface area contributed by atoms with Crippen molar-refractivity contribution in [1.29, 1.82) is 0 Å². The van der Waals surface area contributed by atoms with Gasteiger partial charge in [-0.15, -0.1) is 10.2 Å². The average molecular weight is 289 g/mol. The quantitative estimate of drug-likeness (QED) is 0.900. The van der Waals surface area contributed by atoms with Gasteiger partial charge in [-0.05, 0) is 19.1 Å². The van der Waals surface area contributed by atoms with E-state index < -0.39 is 0 Å². The van der Waals surface area contributed by atoms with Crippen LogP contribution in [0, 0.1) is 6.92 Å². The maximum atomic E-state index is 12.2. The van der Waals surface area contributed by atoms with Crippen LogP contribution in [0.3, 0.4) is 0 Å². The normalized spacial score (nSPS) is 15.0. The van der Waals surface area contributed by atoms with Crippen LogP contribution in [0.4, 0.5) is 11.6 Å². The number of nitrogens with zero attached hydrogens (tertiary/aromatic N) is 4. The number of hydrogen-bond donors (Lipinski definition) is 1. The van der Waals surface area contributed by atoms with Crippen molar-refractivity contribution < 1.29 is 14.1 Å². The molecular formula is C13H15N5O3. The van der Waals surface area contributed by atoms with E-state index in [9.17, 15) is 4.79 Å². The van der Waals surface area contributed by atoms with E-state index in [1.807, 2.05) is 0 Å². The number of aryl methyl sites for hydroxylation is 1. The van der Waals surface area contributed by atoms with Crippen LogP contribution in [-0.4, -0.2) is 52.5 Å². The number of nitrogens with one attached hydrogen (secondary N) is 1. The van der Waals surface area contributed by atoms with Crippen molar-refractivity contribution in [2.24, 2.45) is 0 Å². The van der Waals surface area contributed by atoms with E-state index >= 15 is 0 Å². The van der Waals surface area contributed by atoms with Gasteiger partial charge in [0.05, 0.1) is 13.2 Å². The zero-order chi connectivity index (χ0) is 14.7. The summed E-state index contributed by atoms with van der Waals surface area (Å²) in [5.74, 6) is 1.62. The Kier molecular flexibility index (Phi) is 3.78. The van der Waals surface area contributed by atoms with Gasteiger partial charge in [-0.3, -0.25) is 4.79 Å². The van der Waals surface area contributed by atoms with Gasteiger partial charge in [-0.2, -0.15) is 0 Å². The first-order valence-electron chi connectivity index (χ1n) is 6.63. The molecule has 110 valence electrons. The third kappa shape index (κ3) is 3.16. The lowest BCUT2D eigenvalue weighted by Crippen LogP contribution is -2.41. The second-order valence-electron chi connectivity index (χ2n) is 4.66. The van der Waals surface area contributed by atoms with Gasteiger partial charge in [0.1, 0.15) is 5.76 Å². The first kappa shape index (κ1) is 13.5. The number of aromatic nitrogens is 3. The Bertz CT molecular complexity index is 619. The minimum absolute atomic E-state index is 0.130. The molecule has 0 radical (unpaired) electrons. The molecule has 8 nitrogen and oxygen atoms in total. The van der Waals surface area contributed by atoms with Crippen LogP contribution in [0.1, 0.15) is 16.2 Å². The summed E-state index contributed by atoms with van der Waals surface area (Å²) in [7, 11) is 0. The number of anilines is 2. The summed E-state index contributed by atoms with van der Waals surface area (Å²) in [6.45, 7) is 4.08. The fourth-order valence-corrected chi connectivity index (χ4v) is 2.00. The largest absolute Gasteiger partial charge is 0.378 e. The highest BCUT2D eigenvalue weighted by Crippen LogP contribution is 2.14. The van der Waals surface area contributed by atoms with Gasteiger partial charge < -0.3 is 19.5 Å². The first-order valence-corrected chi connectivity index (χ1v) is 6.63. The second-order valence-corrected chi connectivity index (χ2v) is 4.66. The predicted octanol–water partition coefficient (Wildman–Crippen LogP) is 0.989. The molecule has 1 aliphatic rings. The molecule has 0 bridgehead atoms. The molecule has 1 saturated heterocycles. The maximum Gasteiger partial charge on any atom is 0.274 e. The van der Waals surface area contributed by atoms with E-state index in [4.69, 9.17) is 9.26 Å². The predicted molar refractivity (Wildman–Crippen MR) is 73.3 cm³/mol. The molecule has 8 heteroatoms. The average Bonchev–Trinajstić information content (AvgIpc) is 2.93. The van der Waals surface area contributed by atoms with Crippen LogP contribution < -0.4 is 5.32 Å². The van der Waals surface area contributed by atoms with Crippen molar-refractivity contribution in [3.05, 3.63) is 29.7 Å². The number of hydrogen-bond acceptors (Lipinski definition) is 7. The first-order chi connectivity index (χ1) is 10.2. The summed E-state index contributed by atoms with van der Waals surface area (Å²) >= 11 is 0. The Hall–Kier alpha value is -2.48. The van der Waals surface area contributed by atoms with E-state index in [0.29, 0.717) is 49.4 Å². The van der Waals surface area contributed by atoms with Crippen molar-refractivity contribution >= 4 is 17.5 Å². The number of rotatable bonds is 3. The minimum Gasteiger partial charge on any atom is -0.378 e. The molecule has 0 unspecified atom stereocenters. The summed E-state index contributed by atoms with van der Waals surface area (Å²) in [5.41, 5.74) is 0.318. The van der Waals surface area contributed by atoms with Crippen molar-refractivity contribution in [1.82, 2.24) is 20.3 Å². The zero-order valence-electron chi connectivity index (χ0n) is 11.6. The van der Waals surface area contributed by atoms with Crippen molar-refractivity contribution in [3.63, 3.8) is 0 Å². The highest BCUT2D eigenvalue weighted by Gasteiger charge is 2.19. The summed E-state index contributed by atoms with van der Waals surface area (Å²) in [6.07, 6.45) is 0.